The fourth-order valence-electron chi connectivity index (χ4n) is 0. The molecule has 0 aromatic heterocycles. The number of rotatable bonds is 2. The molecule has 0 spiro atoms. The molecule has 9 heteroatoms. The molecule has 4 N–H and O–H groups in total. The van der Waals surface area contributed by atoms with Crippen molar-refractivity contribution in [2.24, 2.45) is 0 Å². The standard InChI is InChI=1S/C2H4O2.C2H6O2.CH3ClO3S/c1-2(3)4;3-1-2-4;2-1-6(3,4)5/h1H3,(H,3,4);3-4H,1-2H2;1H2,(H,3,4,5). The van der Waals surface area contributed by atoms with E-state index >= 15 is 0 Å². The summed E-state index contributed by atoms with van der Waals surface area (Å²) in [6.07, 6.45) is 0. The van der Waals surface area contributed by atoms with E-state index in [9.17, 15) is 8.42 Å². The molecule has 0 saturated carbocycles. The zero-order valence-corrected chi connectivity index (χ0v) is 8.99. The first-order valence-electron chi connectivity index (χ1n) is 3.13. The highest BCUT2D eigenvalue weighted by Gasteiger charge is 1.95. The Kier molecular flexibility index (Phi) is 17.3. The molecule has 0 atom stereocenters. The Morgan fingerprint density at radius 2 is 1.43 bits per heavy atom. The van der Waals surface area contributed by atoms with Gasteiger partial charge in [-0.3, -0.25) is 9.35 Å². The minimum Gasteiger partial charge on any atom is -0.481 e. The molecule has 0 unspecified atom stereocenters. The predicted octanol–water partition coefficient (Wildman–Crippen LogP) is -0.868. The molecule has 0 aromatic carbocycles. The summed E-state index contributed by atoms with van der Waals surface area (Å²) in [6, 6.07) is 0. The van der Waals surface area contributed by atoms with E-state index in [4.69, 9.17) is 24.7 Å². The minimum atomic E-state index is -3.90. The van der Waals surface area contributed by atoms with Crippen LogP contribution < -0.4 is 0 Å². The van der Waals surface area contributed by atoms with E-state index < -0.39 is 21.3 Å². The average Bonchev–Trinajstić information content (AvgIpc) is 2.03. The van der Waals surface area contributed by atoms with Crippen LogP contribution >= 0.6 is 11.6 Å². The lowest BCUT2D eigenvalue weighted by Gasteiger charge is -1.78. The lowest BCUT2D eigenvalue weighted by molar-refractivity contribution is -0.134. The highest BCUT2D eigenvalue weighted by Crippen LogP contribution is 1.82. The molecule has 7 nitrogen and oxygen atoms in total. The van der Waals surface area contributed by atoms with Crippen LogP contribution in [0.5, 0.6) is 0 Å². The lowest BCUT2D eigenvalue weighted by atomic mass is 10.8. The van der Waals surface area contributed by atoms with Crippen molar-refractivity contribution in [2.75, 3.05) is 18.4 Å². The van der Waals surface area contributed by atoms with Gasteiger partial charge in [0.15, 0.2) is 0 Å². The van der Waals surface area contributed by atoms with Gasteiger partial charge in [0.1, 0.15) is 5.21 Å². The highest BCUT2D eigenvalue weighted by atomic mass is 35.5. The topological polar surface area (TPSA) is 132 Å². The van der Waals surface area contributed by atoms with Crippen molar-refractivity contribution in [1.82, 2.24) is 0 Å². The molecule has 0 aliphatic heterocycles. The van der Waals surface area contributed by atoms with Gasteiger partial charge in [0.25, 0.3) is 16.1 Å². The number of alkyl halides is 1. The second-order valence-electron chi connectivity index (χ2n) is 1.66. The summed E-state index contributed by atoms with van der Waals surface area (Å²) in [5, 5.41) is 21.9. The maximum absolute atomic E-state index is 9.42. The molecule has 88 valence electrons. The summed E-state index contributed by atoms with van der Waals surface area (Å²) in [5.41, 5.74) is 0. The number of carboxylic acid groups (broad SMARTS) is 1. The van der Waals surface area contributed by atoms with E-state index in [1.807, 2.05) is 0 Å². The molecular weight excluding hydrogens is 240 g/mol. The Hall–Kier alpha value is -0.410. The normalized spacial score (nSPS) is 8.93. The fourth-order valence-corrected chi connectivity index (χ4v) is 0. The predicted molar refractivity (Wildman–Crippen MR) is 49.8 cm³/mol. The number of halogens is 1. The lowest BCUT2D eigenvalue weighted by Crippen LogP contribution is -1.95. The van der Waals surface area contributed by atoms with Crippen molar-refractivity contribution in [3.63, 3.8) is 0 Å². The van der Waals surface area contributed by atoms with Crippen molar-refractivity contribution in [3.8, 4) is 0 Å². The number of hydrogen-bond donors (Lipinski definition) is 4. The van der Waals surface area contributed by atoms with Gasteiger partial charge in [0.2, 0.25) is 0 Å². The minimum absolute atomic E-state index is 0.125. The van der Waals surface area contributed by atoms with Gasteiger partial charge >= 0.3 is 0 Å². The number of carbonyl (C=O) groups is 1. The second-order valence-corrected chi connectivity index (χ2v) is 3.69. The Balaban J connectivity index is -0.000000135. The van der Waals surface area contributed by atoms with Crippen molar-refractivity contribution in [3.05, 3.63) is 0 Å². The molecule has 0 heterocycles. The first kappa shape index (κ1) is 19.2. The van der Waals surface area contributed by atoms with Crippen LogP contribution in [0.4, 0.5) is 0 Å². The van der Waals surface area contributed by atoms with Gasteiger partial charge in [0, 0.05) is 6.92 Å². The Morgan fingerprint density at radius 1 is 1.29 bits per heavy atom. The average molecular weight is 253 g/mol. The monoisotopic (exact) mass is 252 g/mol. The number of carboxylic acids is 1. The van der Waals surface area contributed by atoms with Gasteiger partial charge in [-0.25, -0.2) is 0 Å². The highest BCUT2D eigenvalue weighted by molar-refractivity contribution is 7.87. The summed E-state index contributed by atoms with van der Waals surface area (Å²) < 4.78 is 26.5. The SMILES string of the molecule is CC(=O)O.O=S(=O)(O)CCl.OCCO. The van der Waals surface area contributed by atoms with Crippen molar-refractivity contribution in [1.29, 1.82) is 0 Å². The molecule has 0 amide bonds. The number of hydrogen-bond acceptors (Lipinski definition) is 5. The zero-order chi connectivity index (χ0) is 12.2. The molecule has 14 heavy (non-hydrogen) atoms. The third-order valence-electron chi connectivity index (χ3n) is 0.238. The molecule has 0 saturated heterocycles. The molecule has 0 fully saturated rings. The van der Waals surface area contributed by atoms with Crippen molar-refractivity contribution in [2.45, 2.75) is 6.92 Å². The number of aliphatic carboxylic acids is 1. The molecule has 0 rings (SSSR count). The summed E-state index contributed by atoms with van der Waals surface area (Å²) in [5.74, 6) is -0.833. The van der Waals surface area contributed by atoms with Crippen LogP contribution in [0.15, 0.2) is 0 Å². The maximum atomic E-state index is 9.42. The fraction of sp³-hybridized carbons (Fsp3) is 0.800. The number of aliphatic hydroxyl groups is 2. The second kappa shape index (κ2) is 12.6. The van der Waals surface area contributed by atoms with Gasteiger partial charge < -0.3 is 15.3 Å². The van der Waals surface area contributed by atoms with Crippen LogP contribution in [0, 0.1) is 0 Å². The molecule has 0 bridgehead atoms. The van der Waals surface area contributed by atoms with Crippen LogP contribution in [-0.2, 0) is 14.9 Å². The molecular formula is C5H13ClO7S. The van der Waals surface area contributed by atoms with Crippen molar-refractivity contribution < 1.29 is 33.1 Å². The van der Waals surface area contributed by atoms with Crippen molar-refractivity contribution >= 4 is 27.7 Å². The summed E-state index contributed by atoms with van der Waals surface area (Å²) in [6.45, 7) is 0.833. The van der Waals surface area contributed by atoms with Gasteiger partial charge in [-0.05, 0) is 0 Å². The van der Waals surface area contributed by atoms with Gasteiger partial charge in [0.05, 0.1) is 13.2 Å². The van der Waals surface area contributed by atoms with Gasteiger partial charge in [-0.2, -0.15) is 8.42 Å². The molecule has 0 aliphatic carbocycles. The van der Waals surface area contributed by atoms with E-state index in [0.717, 1.165) is 6.92 Å². The zero-order valence-electron chi connectivity index (χ0n) is 7.42. The summed E-state index contributed by atoms with van der Waals surface area (Å²) in [4.78, 5) is 9.00. The molecule has 0 aromatic rings. The van der Waals surface area contributed by atoms with Gasteiger partial charge in [-0.1, -0.05) is 0 Å². The maximum Gasteiger partial charge on any atom is 0.300 e. The quantitative estimate of drug-likeness (QED) is 0.371. The summed E-state index contributed by atoms with van der Waals surface area (Å²) >= 11 is 4.64. The van der Waals surface area contributed by atoms with Crippen LogP contribution in [0.25, 0.3) is 0 Å². The Labute approximate surface area is 86.7 Å². The molecule has 0 radical (unpaired) electrons. The van der Waals surface area contributed by atoms with Crippen LogP contribution in [0.3, 0.4) is 0 Å². The Bertz CT molecular complexity index is 206. The first-order chi connectivity index (χ1) is 6.21. The van der Waals surface area contributed by atoms with E-state index in [0.29, 0.717) is 0 Å². The summed E-state index contributed by atoms with van der Waals surface area (Å²) in [7, 11) is -3.90. The Morgan fingerprint density at radius 3 is 1.43 bits per heavy atom. The van der Waals surface area contributed by atoms with Crippen LogP contribution in [-0.4, -0.2) is 52.7 Å². The smallest absolute Gasteiger partial charge is 0.300 e. The van der Waals surface area contributed by atoms with Crippen LogP contribution in [0.2, 0.25) is 0 Å². The van der Waals surface area contributed by atoms with E-state index in [1.54, 1.807) is 0 Å². The van der Waals surface area contributed by atoms with E-state index in [1.165, 1.54) is 0 Å². The molecule has 0 aliphatic rings. The van der Waals surface area contributed by atoms with E-state index in [2.05, 4.69) is 11.6 Å². The third kappa shape index (κ3) is 101. The first-order valence-corrected chi connectivity index (χ1v) is 5.28. The number of aliphatic hydroxyl groups excluding tert-OH is 2. The largest absolute Gasteiger partial charge is 0.481 e. The van der Waals surface area contributed by atoms with Crippen LogP contribution in [0.1, 0.15) is 6.92 Å². The van der Waals surface area contributed by atoms with E-state index in [-0.39, 0.29) is 13.2 Å². The van der Waals surface area contributed by atoms with Gasteiger partial charge in [-0.15, -0.1) is 11.6 Å². The third-order valence-corrected chi connectivity index (χ3v) is 1.34.